The van der Waals surface area contributed by atoms with Crippen molar-refractivity contribution in [3.63, 3.8) is 0 Å². The van der Waals surface area contributed by atoms with Crippen LogP contribution in [0.5, 0.6) is 0 Å². The van der Waals surface area contributed by atoms with Gasteiger partial charge in [-0.25, -0.2) is 0 Å². The quantitative estimate of drug-likeness (QED) is 0.0436. The molecular formula is C30H60NO6P. The molecule has 5 N–H and O–H groups in total. The number of nitrogens with two attached hydrogens (primary N) is 1. The average Bonchev–Trinajstić information content (AvgIpc) is 2.88. The van der Waals surface area contributed by atoms with Crippen LogP contribution < -0.4 is 5.73 Å². The van der Waals surface area contributed by atoms with Gasteiger partial charge in [-0.3, -0.25) is 14.2 Å². The lowest BCUT2D eigenvalue weighted by Crippen LogP contribution is -2.62. The van der Waals surface area contributed by atoms with Gasteiger partial charge in [0.05, 0.1) is 0 Å². The molecular weight excluding hydrogens is 501 g/mol. The minimum atomic E-state index is -5.13. The Morgan fingerprint density at radius 1 is 0.579 bits per heavy atom. The standard InChI is InChI=1S/C30H60NO6P/c1-3-5-7-9-11-13-15-17-19-21-23-25-27(32)30(31,29(34)38(35,36)37)28(33)26-24-22-20-18-16-14-12-10-8-6-4-2/h29,34H,3-26,31H2,1-2H3,(H2,35,36,37). The molecule has 0 fully saturated rings. The summed E-state index contributed by atoms with van der Waals surface area (Å²) in [5.74, 6) is -4.04. The number of hydrogen-bond donors (Lipinski definition) is 4. The lowest BCUT2D eigenvalue weighted by molar-refractivity contribution is -0.138. The fourth-order valence-electron chi connectivity index (χ4n) is 5.02. The summed E-state index contributed by atoms with van der Waals surface area (Å²) in [6, 6.07) is 0. The molecule has 7 nitrogen and oxygen atoms in total. The van der Waals surface area contributed by atoms with E-state index in [1.807, 2.05) is 0 Å². The summed E-state index contributed by atoms with van der Waals surface area (Å²) in [4.78, 5) is 44.8. The lowest BCUT2D eigenvalue weighted by Gasteiger charge is -2.31. The van der Waals surface area contributed by atoms with E-state index >= 15 is 0 Å². The molecule has 1 atom stereocenters. The summed E-state index contributed by atoms with van der Waals surface area (Å²) >= 11 is 0. The molecule has 8 heteroatoms. The van der Waals surface area contributed by atoms with Crippen LogP contribution in [0.15, 0.2) is 0 Å². The third-order valence-electron chi connectivity index (χ3n) is 7.66. The Bertz CT molecular complexity index is 613. The van der Waals surface area contributed by atoms with Gasteiger partial charge in [0.1, 0.15) is 0 Å². The number of Topliss-reactive ketones (excluding diaryl/α,β-unsaturated/α-hetero) is 2. The highest BCUT2D eigenvalue weighted by molar-refractivity contribution is 7.52. The van der Waals surface area contributed by atoms with Gasteiger partial charge in [0.15, 0.2) is 23.0 Å². The Morgan fingerprint density at radius 3 is 1.05 bits per heavy atom. The van der Waals surface area contributed by atoms with E-state index in [9.17, 15) is 29.0 Å². The van der Waals surface area contributed by atoms with E-state index < -0.39 is 30.5 Å². The number of carbonyl (C=O) groups is 2. The Morgan fingerprint density at radius 2 is 0.816 bits per heavy atom. The molecule has 0 radical (unpaired) electrons. The van der Waals surface area contributed by atoms with Gasteiger partial charge in [-0.05, 0) is 12.8 Å². The highest BCUT2D eigenvalue weighted by atomic mass is 31.2. The molecule has 0 aliphatic heterocycles. The smallest absolute Gasteiger partial charge is 0.356 e. The Kier molecular flexibility index (Phi) is 22.8. The summed E-state index contributed by atoms with van der Waals surface area (Å²) in [5.41, 5.74) is 3.49. The Balaban J connectivity index is 4.39. The molecule has 0 saturated heterocycles. The lowest BCUT2D eigenvalue weighted by atomic mass is 9.85. The number of aliphatic hydroxyl groups is 1. The first-order chi connectivity index (χ1) is 18.1. The molecule has 1 unspecified atom stereocenters. The maximum Gasteiger partial charge on any atom is 0.356 e. The molecule has 0 bridgehead atoms. The van der Waals surface area contributed by atoms with Gasteiger partial charge >= 0.3 is 7.60 Å². The van der Waals surface area contributed by atoms with Crippen LogP contribution in [-0.2, 0) is 14.2 Å². The normalized spacial score (nSPS) is 13.1. The van der Waals surface area contributed by atoms with Gasteiger partial charge in [0.25, 0.3) is 0 Å². The second-order valence-electron chi connectivity index (χ2n) is 11.2. The molecule has 0 heterocycles. The molecule has 0 aliphatic rings. The molecule has 0 aliphatic carbocycles. The van der Waals surface area contributed by atoms with E-state index in [1.54, 1.807) is 0 Å². The van der Waals surface area contributed by atoms with Crippen LogP contribution in [0.3, 0.4) is 0 Å². The zero-order valence-electron chi connectivity index (χ0n) is 24.6. The monoisotopic (exact) mass is 561 g/mol. The van der Waals surface area contributed by atoms with Crippen molar-refractivity contribution in [2.75, 3.05) is 0 Å². The van der Waals surface area contributed by atoms with Gasteiger partial charge < -0.3 is 20.6 Å². The van der Waals surface area contributed by atoms with Crippen LogP contribution in [0.2, 0.25) is 0 Å². The van der Waals surface area contributed by atoms with Crippen LogP contribution in [0.4, 0.5) is 0 Å². The van der Waals surface area contributed by atoms with Crippen molar-refractivity contribution < 1.29 is 29.0 Å². The molecule has 0 saturated carbocycles. The van der Waals surface area contributed by atoms with E-state index in [0.717, 1.165) is 51.4 Å². The average molecular weight is 562 g/mol. The molecule has 38 heavy (non-hydrogen) atoms. The van der Waals surface area contributed by atoms with E-state index in [0.29, 0.717) is 12.8 Å². The van der Waals surface area contributed by atoms with E-state index in [-0.39, 0.29) is 12.8 Å². The summed E-state index contributed by atoms with van der Waals surface area (Å²) in [5, 5.41) is 10.3. The van der Waals surface area contributed by atoms with Crippen LogP contribution in [0, 0.1) is 0 Å². The van der Waals surface area contributed by atoms with Gasteiger partial charge in [0, 0.05) is 12.8 Å². The zero-order chi connectivity index (χ0) is 28.7. The number of unbranched alkanes of at least 4 members (excludes halogenated alkanes) is 20. The third kappa shape index (κ3) is 17.2. The predicted molar refractivity (Wildman–Crippen MR) is 157 cm³/mol. The second kappa shape index (κ2) is 23.1. The molecule has 226 valence electrons. The van der Waals surface area contributed by atoms with Gasteiger partial charge in [-0.15, -0.1) is 0 Å². The highest BCUT2D eigenvalue weighted by Crippen LogP contribution is 2.45. The maximum atomic E-state index is 12.9. The number of carbonyl (C=O) groups excluding carboxylic acids is 2. The first-order valence-corrected chi connectivity index (χ1v) is 17.4. The number of ketones is 2. The number of rotatable bonds is 28. The predicted octanol–water partition coefficient (Wildman–Crippen LogP) is 7.72. The first-order valence-electron chi connectivity index (χ1n) is 15.7. The second-order valence-corrected chi connectivity index (χ2v) is 12.9. The summed E-state index contributed by atoms with van der Waals surface area (Å²) in [6.07, 6.45) is 24.1. The molecule has 0 aromatic heterocycles. The molecule has 0 rings (SSSR count). The van der Waals surface area contributed by atoms with Gasteiger partial charge in [-0.1, -0.05) is 142 Å². The van der Waals surface area contributed by atoms with Crippen molar-refractivity contribution in [3.8, 4) is 0 Å². The highest BCUT2D eigenvalue weighted by Gasteiger charge is 2.53. The zero-order valence-corrected chi connectivity index (χ0v) is 25.5. The summed E-state index contributed by atoms with van der Waals surface area (Å²) in [6.45, 7) is 4.42. The van der Waals surface area contributed by atoms with E-state index in [4.69, 9.17) is 5.73 Å². The Labute approximate surface area is 233 Å². The van der Waals surface area contributed by atoms with Crippen molar-refractivity contribution in [1.29, 1.82) is 0 Å². The number of aliphatic hydroxyl groups excluding tert-OH is 1. The van der Waals surface area contributed by atoms with Crippen LogP contribution in [0.25, 0.3) is 0 Å². The summed E-state index contributed by atoms with van der Waals surface area (Å²) in [7, 11) is -5.13. The van der Waals surface area contributed by atoms with Crippen LogP contribution >= 0.6 is 7.60 Å². The van der Waals surface area contributed by atoms with E-state index in [2.05, 4.69) is 13.8 Å². The molecule has 0 aromatic carbocycles. The van der Waals surface area contributed by atoms with Gasteiger partial charge in [0.2, 0.25) is 0 Å². The van der Waals surface area contributed by atoms with Crippen LogP contribution in [-0.4, -0.2) is 37.8 Å². The summed E-state index contributed by atoms with van der Waals surface area (Å²) < 4.78 is 11.8. The maximum absolute atomic E-state index is 12.9. The largest absolute Gasteiger partial charge is 0.378 e. The fourth-order valence-corrected chi connectivity index (χ4v) is 5.84. The molecule has 0 amide bonds. The van der Waals surface area contributed by atoms with Crippen molar-refractivity contribution >= 4 is 19.2 Å². The van der Waals surface area contributed by atoms with Crippen molar-refractivity contribution in [3.05, 3.63) is 0 Å². The van der Waals surface area contributed by atoms with Crippen LogP contribution in [0.1, 0.15) is 168 Å². The SMILES string of the molecule is CCCCCCCCCCCCCC(=O)C(N)(C(=O)CCCCCCCCCCCCC)C(O)P(=O)(O)O. The minimum absolute atomic E-state index is 0.0609. The molecule has 0 spiro atoms. The Hall–Kier alpha value is -0.590. The fraction of sp³-hybridized carbons (Fsp3) is 0.933. The van der Waals surface area contributed by atoms with Gasteiger partial charge in [-0.2, -0.15) is 0 Å². The van der Waals surface area contributed by atoms with Crippen molar-refractivity contribution in [2.24, 2.45) is 5.73 Å². The molecule has 0 aromatic rings. The third-order valence-corrected chi connectivity index (χ3v) is 8.71. The van der Waals surface area contributed by atoms with Crippen molar-refractivity contribution in [2.45, 2.75) is 179 Å². The van der Waals surface area contributed by atoms with Crippen molar-refractivity contribution in [1.82, 2.24) is 0 Å². The van der Waals surface area contributed by atoms with E-state index in [1.165, 1.54) is 77.0 Å². The number of hydrogen-bond acceptors (Lipinski definition) is 5. The first kappa shape index (κ1) is 37.4. The minimum Gasteiger partial charge on any atom is -0.378 e. The topological polar surface area (TPSA) is 138 Å².